The first-order valence-electron chi connectivity index (χ1n) is 6.84. The average Bonchev–Trinajstić information content (AvgIpc) is 2.85. The highest BCUT2D eigenvalue weighted by atomic mass is 79.9. The van der Waals surface area contributed by atoms with Crippen molar-refractivity contribution in [2.75, 3.05) is 6.61 Å². The van der Waals surface area contributed by atoms with E-state index < -0.39 is 6.10 Å². The molecule has 1 unspecified atom stereocenters. The molecule has 0 aliphatic carbocycles. The lowest BCUT2D eigenvalue weighted by atomic mass is 10.1. The van der Waals surface area contributed by atoms with Crippen LogP contribution in [-0.4, -0.2) is 11.7 Å². The van der Waals surface area contributed by atoms with Crippen LogP contribution in [-0.2, 0) is 6.42 Å². The van der Waals surface area contributed by atoms with E-state index in [9.17, 15) is 5.11 Å². The zero-order valence-electron chi connectivity index (χ0n) is 11.5. The third kappa shape index (κ3) is 4.62. The Hall–Kier alpha value is -0.840. The second kappa shape index (κ2) is 7.81. The number of hydrogen-bond acceptors (Lipinski definition) is 3. The van der Waals surface area contributed by atoms with Crippen LogP contribution < -0.4 is 4.74 Å². The average molecular weight is 355 g/mol. The summed E-state index contributed by atoms with van der Waals surface area (Å²) in [6.07, 6.45) is 2.38. The summed E-state index contributed by atoms with van der Waals surface area (Å²) in [5.74, 6) is 0.869. The molecule has 0 spiro atoms. The maximum Gasteiger partial charge on any atom is 0.119 e. The Morgan fingerprint density at radius 2 is 1.95 bits per heavy atom. The Morgan fingerprint density at radius 1 is 1.20 bits per heavy atom. The van der Waals surface area contributed by atoms with Gasteiger partial charge in [0.1, 0.15) is 5.75 Å². The second-order valence-corrected chi connectivity index (χ2v) is 7.24. The maximum absolute atomic E-state index is 10.2. The smallest absolute Gasteiger partial charge is 0.119 e. The summed E-state index contributed by atoms with van der Waals surface area (Å²) in [4.78, 5) is 1.17. The molecule has 4 heteroatoms. The maximum atomic E-state index is 10.2. The lowest BCUT2D eigenvalue weighted by Crippen LogP contribution is -2.01. The second-order valence-electron chi connectivity index (χ2n) is 4.70. The van der Waals surface area contributed by atoms with Gasteiger partial charge in [-0.15, -0.1) is 11.3 Å². The highest BCUT2D eigenvalue weighted by molar-refractivity contribution is 9.11. The predicted octanol–water partition coefficient (Wildman–Crippen LogP) is 4.97. The Bertz CT molecular complexity index is 522. The highest BCUT2D eigenvalue weighted by Gasteiger charge is 2.10. The molecule has 0 aliphatic rings. The molecule has 0 fully saturated rings. The van der Waals surface area contributed by atoms with E-state index in [4.69, 9.17) is 4.74 Å². The summed E-state index contributed by atoms with van der Waals surface area (Å²) in [6.45, 7) is 2.90. The van der Waals surface area contributed by atoms with Crippen LogP contribution in [0.2, 0.25) is 0 Å². The van der Waals surface area contributed by atoms with E-state index in [1.807, 2.05) is 36.4 Å². The standard InChI is InChI=1S/C16H19BrO2S/c1-2-3-10-19-13-6-4-12(5-7-13)15(18)11-14-8-9-16(17)20-14/h4-9,15,18H,2-3,10-11H2,1H3. The molecule has 1 heterocycles. The number of thiophene rings is 1. The lowest BCUT2D eigenvalue weighted by Gasteiger charge is -2.11. The van der Waals surface area contributed by atoms with Gasteiger partial charge in [0.2, 0.25) is 0 Å². The van der Waals surface area contributed by atoms with Gasteiger partial charge in [-0.2, -0.15) is 0 Å². The SMILES string of the molecule is CCCCOc1ccc(C(O)Cc2ccc(Br)s2)cc1. The molecular formula is C16H19BrO2S. The zero-order valence-corrected chi connectivity index (χ0v) is 13.9. The van der Waals surface area contributed by atoms with Crippen molar-refractivity contribution in [1.82, 2.24) is 0 Å². The normalized spacial score (nSPS) is 12.3. The van der Waals surface area contributed by atoms with Gasteiger partial charge in [0.05, 0.1) is 16.5 Å². The quantitative estimate of drug-likeness (QED) is 0.711. The van der Waals surface area contributed by atoms with Crippen molar-refractivity contribution in [1.29, 1.82) is 0 Å². The van der Waals surface area contributed by atoms with Crippen LogP contribution in [0.4, 0.5) is 0 Å². The fourth-order valence-corrected chi connectivity index (χ4v) is 3.41. The number of aliphatic hydroxyl groups is 1. The number of benzene rings is 1. The fraction of sp³-hybridized carbons (Fsp3) is 0.375. The van der Waals surface area contributed by atoms with Crippen LogP contribution in [0.15, 0.2) is 40.2 Å². The van der Waals surface area contributed by atoms with Crippen molar-refractivity contribution in [3.63, 3.8) is 0 Å². The van der Waals surface area contributed by atoms with E-state index in [0.29, 0.717) is 6.42 Å². The van der Waals surface area contributed by atoms with Crippen molar-refractivity contribution in [2.24, 2.45) is 0 Å². The number of unbranched alkanes of at least 4 members (excludes halogenated alkanes) is 1. The van der Waals surface area contributed by atoms with Crippen molar-refractivity contribution in [3.05, 3.63) is 50.6 Å². The summed E-state index contributed by atoms with van der Waals surface area (Å²) in [5.41, 5.74) is 0.928. The van der Waals surface area contributed by atoms with Crippen LogP contribution in [0.25, 0.3) is 0 Å². The summed E-state index contributed by atoms with van der Waals surface area (Å²) >= 11 is 5.10. The minimum absolute atomic E-state index is 0.467. The first kappa shape index (κ1) is 15.5. The fourth-order valence-electron chi connectivity index (χ4n) is 1.89. The van der Waals surface area contributed by atoms with E-state index in [1.165, 1.54) is 4.88 Å². The molecule has 1 atom stereocenters. The first-order chi connectivity index (χ1) is 9.69. The summed E-state index contributed by atoms with van der Waals surface area (Å²) in [6, 6.07) is 11.8. The molecule has 0 saturated carbocycles. The van der Waals surface area contributed by atoms with E-state index in [0.717, 1.165) is 34.5 Å². The Kier molecular flexibility index (Phi) is 6.07. The third-order valence-corrected chi connectivity index (χ3v) is 4.70. The molecular weight excluding hydrogens is 336 g/mol. The van der Waals surface area contributed by atoms with Crippen LogP contribution >= 0.6 is 27.3 Å². The van der Waals surface area contributed by atoms with Gasteiger partial charge in [-0.1, -0.05) is 25.5 Å². The van der Waals surface area contributed by atoms with E-state index in [-0.39, 0.29) is 0 Å². The van der Waals surface area contributed by atoms with Crippen LogP contribution in [0.3, 0.4) is 0 Å². The molecule has 0 saturated heterocycles. The van der Waals surface area contributed by atoms with Crippen molar-refractivity contribution >= 4 is 27.3 Å². The molecule has 0 aliphatic heterocycles. The minimum Gasteiger partial charge on any atom is -0.494 e. The highest BCUT2D eigenvalue weighted by Crippen LogP contribution is 2.27. The number of aliphatic hydroxyl groups excluding tert-OH is 1. The van der Waals surface area contributed by atoms with Crippen molar-refractivity contribution in [2.45, 2.75) is 32.3 Å². The molecule has 1 N–H and O–H groups in total. The Balaban J connectivity index is 1.91. The Labute approximate surface area is 132 Å². The van der Waals surface area contributed by atoms with Gasteiger partial charge in [0.15, 0.2) is 0 Å². The molecule has 108 valence electrons. The molecule has 1 aromatic heterocycles. The predicted molar refractivity (Wildman–Crippen MR) is 87.5 cm³/mol. The molecule has 0 radical (unpaired) electrons. The Morgan fingerprint density at radius 3 is 2.55 bits per heavy atom. The van der Waals surface area contributed by atoms with Crippen molar-refractivity contribution in [3.8, 4) is 5.75 Å². The molecule has 0 amide bonds. The van der Waals surface area contributed by atoms with Crippen LogP contribution in [0.1, 0.15) is 36.3 Å². The third-order valence-electron chi connectivity index (χ3n) is 3.05. The van der Waals surface area contributed by atoms with Gasteiger partial charge < -0.3 is 9.84 Å². The topological polar surface area (TPSA) is 29.5 Å². The molecule has 0 bridgehead atoms. The number of ether oxygens (including phenoxy) is 1. The van der Waals surface area contributed by atoms with Gasteiger partial charge in [-0.3, -0.25) is 0 Å². The van der Waals surface area contributed by atoms with Gasteiger partial charge in [0.25, 0.3) is 0 Å². The lowest BCUT2D eigenvalue weighted by molar-refractivity contribution is 0.179. The molecule has 2 nitrogen and oxygen atoms in total. The molecule has 20 heavy (non-hydrogen) atoms. The van der Waals surface area contributed by atoms with Gasteiger partial charge in [-0.25, -0.2) is 0 Å². The summed E-state index contributed by atoms with van der Waals surface area (Å²) in [7, 11) is 0. The van der Waals surface area contributed by atoms with Gasteiger partial charge in [0, 0.05) is 11.3 Å². The first-order valence-corrected chi connectivity index (χ1v) is 8.45. The molecule has 2 rings (SSSR count). The van der Waals surface area contributed by atoms with Crippen LogP contribution in [0.5, 0.6) is 5.75 Å². The zero-order chi connectivity index (χ0) is 14.4. The summed E-state index contributed by atoms with van der Waals surface area (Å²) in [5, 5.41) is 10.2. The van der Waals surface area contributed by atoms with E-state index >= 15 is 0 Å². The molecule has 1 aromatic carbocycles. The van der Waals surface area contributed by atoms with Gasteiger partial charge in [-0.05, 0) is 52.2 Å². The number of hydrogen-bond donors (Lipinski definition) is 1. The largest absolute Gasteiger partial charge is 0.494 e. The van der Waals surface area contributed by atoms with Crippen LogP contribution in [0, 0.1) is 0 Å². The number of rotatable bonds is 7. The minimum atomic E-state index is -0.467. The number of halogens is 1. The molecule has 2 aromatic rings. The van der Waals surface area contributed by atoms with Gasteiger partial charge >= 0.3 is 0 Å². The summed E-state index contributed by atoms with van der Waals surface area (Å²) < 4.78 is 6.71. The van der Waals surface area contributed by atoms with E-state index in [2.05, 4.69) is 22.9 Å². The van der Waals surface area contributed by atoms with Crippen molar-refractivity contribution < 1.29 is 9.84 Å². The monoisotopic (exact) mass is 354 g/mol. The van der Waals surface area contributed by atoms with E-state index in [1.54, 1.807) is 11.3 Å².